The van der Waals surface area contributed by atoms with Gasteiger partial charge in [-0.1, -0.05) is 0 Å². The molecule has 0 heterocycles. The van der Waals surface area contributed by atoms with Crippen LogP contribution in [0, 0.1) is 0 Å². The number of nitrogens with zero attached hydrogens (tertiary/aromatic N) is 6. The van der Waals surface area contributed by atoms with Crippen LogP contribution in [0.2, 0.25) is 0 Å². The van der Waals surface area contributed by atoms with Crippen molar-refractivity contribution in [2.45, 2.75) is 6.92 Å². The van der Waals surface area contributed by atoms with E-state index in [1.165, 1.54) is 6.21 Å². The highest BCUT2D eigenvalue weighted by atomic mass is 15.3. The van der Waals surface area contributed by atoms with E-state index in [0.717, 1.165) is 0 Å². The molecule has 96 valence electrons. The van der Waals surface area contributed by atoms with Crippen LogP contribution in [0.5, 0.6) is 0 Å². The van der Waals surface area contributed by atoms with Crippen molar-refractivity contribution < 1.29 is 0 Å². The van der Waals surface area contributed by atoms with Crippen LogP contribution in [-0.2, 0) is 0 Å². The molecule has 0 aromatic rings. The van der Waals surface area contributed by atoms with Gasteiger partial charge < -0.3 is 21.3 Å². The van der Waals surface area contributed by atoms with E-state index in [1.807, 2.05) is 0 Å². The largest absolute Gasteiger partial charge is 0.368 e. The Labute approximate surface area is 101 Å². The highest BCUT2D eigenvalue weighted by Gasteiger charge is 1.93. The van der Waals surface area contributed by atoms with Crippen molar-refractivity contribution in [3.8, 4) is 0 Å². The molecule has 0 aliphatic rings. The fourth-order valence-corrected chi connectivity index (χ4v) is 0.506. The molecule has 0 saturated carbocycles. The lowest BCUT2D eigenvalue weighted by Gasteiger charge is -2.08. The molecule has 0 aromatic carbocycles. The van der Waals surface area contributed by atoms with Crippen LogP contribution < -0.4 is 11.5 Å². The Hall–Kier alpha value is -2.12. The minimum Gasteiger partial charge on any atom is -0.368 e. The van der Waals surface area contributed by atoms with Crippen molar-refractivity contribution >= 4 is 23.8 Å². The van der Waals surface area contributed by atoms with Gasteiger partial charge in [0, 0.05) is 28.2 Å². The molecule has 0 atom stereocenters. The van der Waals surface area contributed by atoms with Crippen LogP contribution in [0.25, 0.3) is 0 Å². The normalized spacial score (nSPS) is 14.3. The van der Waals surface area contributed by atoms with E-state index < -0.39 is 0 Å². The zero-order chi connectivity index (χ0) is 13.4. The third kappa shape index (κ3) is 6.88. The first kappa shape index (κ1) is 14.9. The fraction of sp³-hybridized carbons (Fsp3) is 0.556. The van der Waals surface area contributed by atoms with Gasteiger partial charge in [-0.2, -0.15) is 10.2 Å². The average Bonchev–Trinajstić information content (AvgIpc) is 2.25. The van der Waals surface area contributed by atoms with Gasteiger partial charge >= 0.3 is 0 Å². The van der Waals surface area contributed by atoms with Crippen molar-refractivity contribution in [3.63, 3.8) is 0 Å². The zero-order valence-electron chi connectivity index (χ0n) is 10.9. The van der Waals surface area contributed by atoms with Gasteiger partial charge in [0.2, 0.25) is 11.9 Å². The molecule has 0 bridgehead atoms. The highest BCUT2D eigenvalue weighted by molar-refractivity contribution is 6.29. The Balaban J connectivity index is 4.50. The molecule has 0 saturated heterocycles. The summed E-state index contributed by atoms with van der Waals surface area (Å²) in [5.74, 6) is 0.624. The van der Waals surface area contributed by atoms with Crippen molar-refractivity contribution in [1.29, 1.82) is 0 Å². The molecule has 0 unspecified atom stereocenters. The van der Waals surface area contributed by atoms with Crippen LogP contribution in [0.4, 0.5) is 0 Å². The topological polar surface area (TPSA) is 108 Å². The molecule has 0 rings (SSSR count). The molecular weight excluding hydrogens is 220 g/mol. The summed E-state index contributed by atoms with van der Waals surface area (Å²) in [6.45, 7) is 1.73. The molecule has 17 heavy (non-hydrogen) atoms. The number of nitrogens with two attached hydrogens (primary N) is 2. The van der Waals surface area contributed by atoms with E-state index in [0.29, 0.717) is 17.6 Å². The van der Waals surface area contributed by atoms with Crippen molar-refractivity contribution in [2.24, 2.45) is 31.9 Å². The lowest BCUT2D eigenvalue weighted by molar-refractivity contribution is 0.611. The Morgan fingerprint density at radius 2 is 1.35 bits per heavy atom. The summed E-state index contributed by atoms with van der Waals surface area (Å²) in [4.78, 5) is 3.29. The summed E-state index contributed by atoms with van der Waals surface area (Å²) in [6, 6.07) is 0. The smallest absolute Gasteiger partial charge is 0.215 e. The van der Waals surface area contributed by atoms with Gasteiger partial charge in [-0.25, -0.2) is 0 Å². The fourth-order valence-electron chi connectivity index (χ4n) is 0.506. The first-order valence-corrected chi connectivity index (χ1v) is 4.93. The molecule has 8 nitrogen and oxygen atoms in total. The monoisotopic (exact) mass is 240 g/mol. The summed E-state index contributed by atoms with van der Waals surface area (Å²) in [6.07, 6.45) is 1.45. The summed E-state index contributed by atoms with van der Waals surface area (Å²) >= 11 is 0. The van der Waals surface area contributed by atoms with Crippen LogP contribution in [-0.4, -0.2) is 61.8 Å². The standard InChI is InChI=1S/C9H20N8/c1-7(13-15-9(11)17(4)5)6-12-14-8(10)16(2)3/h6H,1-5H3,(H2,10,14)(H2,11,15). The van der Waals surface area contributed by atoms with Gasteiger partial charge in [0.05, 0.1) is 11.9 Å². The maximum Gasteiger partial charge on any atom is 0.215 e. The average molecular weight is 240 g/mol. The molecule has 0 radical (unpaired) electrons. The van der Waals surface area contributed by atoms with Gasteiger partial charge in [-0.15, -0.1) is 10.2 Å². The van der Waals surface area contributed by atoms with E-state index in [1.54, 1.807) is 44.9 Å². The molecule has 0 aromatic heterocycles. The SMILES string of the molecule is CC(C=NN=C(N)N(C)C)=NN=C(N)N(C)C. The second-order valence-electron chi connectivity index (χ2n) is 3.69. The lowest BCUT2D eigenvalue weighted by Crippen LogP contribution is -2.30. The molecule has 0 spiro atoms. The van der Waals surface area contributed by atoms with Crippen LogP contribution in [0.3, 0.4) is 0 Å². The number of rotatable bonds is 3. The summed E-state index contributed by atoms with van der Waals surface area (Å²) in [5, 5.41) is 15.1. The van der Waals surface area contributed by atoms with Crippen molar-refractivity contribution in [2.75, 3.05) is 28.2 Å². The first-order chi connectivity index (χ1) is 7.84. The molecular formula is C9H20N8. The Morgan fingerprint density at radius 1 is 0.882 bits per heavy atom. The van der Waals surface area contributed by atoms with Crippen molar-refractivity contribution in [1.82, 2.24) is 9.80 Å². The minimum atomic E-state index is 0.311. The van der Waals surface area contributed by atoms with E-state index in [2.05, 4.69) is 20.4 Å². The van der Waals surface area contributed by atoms with Gasteiger partial charge in [0.15, 0.2) is 0 Å². The Bertz CT molecular complexity index is 350. The molecule has 8 heteroatoms. The van der Waals surface area contributed by atoms with E-state index in [9.17, 15) is 0 Å². The third-order valence-electron chi connectivity index (χ3n) is 1.63. The Morgan fingerprint density at radius 3 is 1.82 bits per heavy atom. The van der Waals surface area contributed by atoms with E-state index in [-0.39, 0.29) is 0 Å². The lowest BCUT2D eigenvalue weighted by atomic mass is 10.5. The molecule has 0 amide bonds. The second-order valence-corrected chi connectivity index (χ2v) is 3.69. The quantitative estimate of drug-likeness (QED) is 0.378. The molecule has 4 N–H and O–H groups in total. The highest BCUT2D eigenvalue weighted by Crippen LogP contribution is 1.82. The maximum atomic E-state index is 5.55. The van der Waals surface area contributed by atoms with Crippen LogP contribution >= 0.6 is 0 Å². The van der Waals surface area contributed by atoms with Gasteiger partial charge in [0.1, 0.15) is 0 Å². The predicted molar refractivity (Wildman–Crippen MR) is 72.2 cm³/mol. The molecule has 0 aliphatic carbocycles. The Kier molecular flexibility index (Phi) is 6.30. The zero-order valence-corrected chi connectivity index (χ0v) is 10.9. The number of hydrogen-bond donors (Lipinski definition) is 2. The second kappa shape index (κ2) is 7.20. The summed E-state index contributed by atoms with van der Waals surface area (Å²) in [5.41, 5.74) is 11.7. The molecule has 0 fully saturated rings. The summed E-state index contributed by atoms with van der Waals surface area (Å²) in [7, 11) is 7.11. The maximum absolute atomic E-state index is 5.55. The minimum absolute atomic E-state index is 0.311. The third-order valence-corrected chi connectivity index (χ3v) is 1.63. The van der Waals surface area contributed by atoms with Crippen LogP contribution in [0.1, 0.15) is 6.92 Å². The van der Waals surface area contributed by atoms with Gasteiger partial charge in [-0.05, 0) is 6.92 Å². The van der Waals surface area contributed by atoms with Gasteiger partial charge in [0.25, 0.3) is 0 Å². The number of hydrogen-bond acceptors (Lipinski definition) is 4. The number of guanidine groups is 2. The van der Waals surface area contributed by atoms with Gasteiger partial charge in [-0.3, -0.25) is 0 Å². The molecule has 0 aliphatic heterocycles. The van der Waals surface area contributed by atoms with Crippen LogP contribution in [0.15, 0.2) is 20.4 Å². The van der Waals surface area contributed by atoms with Crippen molar-refractivity contribution in [3.05, 3.63) is 0 Å². The first-order valence-electron chi connectivity index (χ1n) is 4.93. The summed E-state index contributed by atoms with van der Waals surface area (Å²) < 4.78 is 0. The van der Waals surface area contributed by atoms with E-state index >= 15 is 0 Å². The van der Waals surface area contributed by atoms with E-state index in [4.69, 9.17) is 11.5 Å². The predicted octanol–water partition coefficient (Wildman–Crippen LogP) is -0.899.